The molecule has 78 valence electrons. The molecular formula is C8H12P2S4. The molecule has 0 fully saturated rings. The fraction of sp³-hybridized carbons (Fsp3) is 0.250. The minimum atomic E-state index is -1.61. The van der Waals surface area contributed by atoms with Gasteiger partial charge >= 0.3 is 0 Å². The minimum absolute atomic E-state index is 1.14. The molecule has 0 saturated carbocycles. The van der Waals surface area contributed by atoms with Crippen molar-refractivity contribution in [1.29, 1.82) is 0 Å². The van der Waals surface area contributed by atoms with Gasteiger partial charge in [-0.05, 0) is 23.9 Å². The van der Waals surface area contributed by atoms with Gasteiger partial charge in [0.2, 0.25) is 0 Å². The van der Waals surface area contributed by atoms with E-state index in [0.29, 0.717) is 0 Å². The molecule has 0 aliphatic rings. The summed E-state index contributed by atoms with van der Waals surface area (Å²) < 4.78 is 0. The third-order valence-electron chi connectivity index (χ3n) is 1.81. The van der Waals surface area contributed by atoms with Crippen LogP contribution in [0.4, 0.5) is 0 Å². The topological polar surface area (TPSA) is 0 Å². The van der Waals surface area contributed by atoms with Crippen LogP contribution in [0.1, 0.15) is 0 Å². The van der Waals surface area contributed by atoms with E-state index in [1.54, 1.807) is 0 Å². The summed E-state index contributed by atoms with van der Waals surface area (Å²) in [6, 6.07) is 8.13. The van der Waals surface area contributed by atoms with Crippen molar-refractivity contribution in [2.45, 2.75) is 0 Å². The van der Waals surface area contributed by atoms with Crippen LogP contribution in [0, 0.1) is 0 Å². The summed E-state index contributed by atoms with van der Waals surface area (Å²) in [7, 11) is 0. The molecule has 0 N–H and O–H groups in total. The van der Waals surface area contributed by atoms with E-state index in [4.69, 9.17) is 23.6 Å². The highest BCUT2D eigenvalue weighted by Crippen LogP contribution is 2.47. The van der Waals surface area contributed by atoms with Crippen molar-refractivity contribution in [1.82, 2.24) is 0 Å². The summed E-state index contributed by atoms with van der Waals surface area (Å²) in [6.07, 6.45) is 0. The average Bonchev–Trinajstić information content (AvgIpc) is 2.01. The van der Waals surface area contributed by atoms with Crippen LogP contribution in [0.5, 0.6) is 0 Å². The van der Waals surface area contributed by atoms with Crippen molar-refractivity contribution >= 4 is 69.2 Å². The highest BCUT2D eigenvalue weighted by atomic mass is 32.9. The van der Waals surface area contributed by atoms with Crippen molar-refractivity contribution < 1.29 is 0 Å². The first-order valence-corrected chi connectivity index (χ1v) is 12.7. The van der Waals surface area contributed by atoms with E-state index < -0.39 is 10.5 Å². The fourth-order valence-corrected chi connectivity index (χ4v) is 3.94. The molecule has 6 heteroatoms. The molecule has 0 aliphatic carbocycles. The normalized spacial score (nSPS) is 19.7. The Hall–Kier alpha value is 1.22. The molecule has 1 aromatic rings. The van der Waals surface area contributed by atoms with Crippen molar-refractivity contribution in [3.8, 4) is 0 Å². The van der Waals surface area contributed by atoms with Crippen molar-refractivity contribution in [3.63, 3.8) is 0 Å². The summed E-state index contributed by atoms with van der Waals surface area (Å²) >= 11 is 19.5. The van der Waals surface area contributed by atoms with Gasteiger partial charge in [-0.2, -0.15) is 0 Å². The van der Waals surface area contributed by atoms with Crippen LogP contribution in [-0.2, 0) is 23.6 Å². The van der Waals surface area contributed by atoms with Gasteiger partial charge in [-0.25, -0.2) is 0 Å². The molecule has 2 unspecified atom stereocenters. The van der Waals surface area contributed by atoms with Crippen LogP contribution in [0.15, 0.2) is 24.3 Å². The standard InChI is InChI=1S/C8H12P2S4/c1-9(11,12)7-3-5-8(6-4-7)10(2,13)14/h3-6H,1-2H3,(H,11,12)(H,13,14). The summed E-state index contributed by atoms with van der Waals surface area (Å²) in [5.41, 5.74) is 0. The summed E-state index contributed by atoms with van der Waals surface area (Å²) in [5.74, 6) is 0. The van der Waals surface area contributed by atoms with Crippen LogP contribution >= 0.6 is 35.0 Å². The smallest absolute Gasteiger partial charge is 0.0279 e. The molecular weight excluding hydrogens is 286 g/mol. The molecule has 0 aliphatic heterocycles. The van der Waals surface area contributed by atoms with Crippen LogP contribution < -0.4 is 10.6 Å². The predicted octanol–water partition coefficient (Wildman–Crippen LogP) is 2.85. The first-order chi connectivity index (χ1) is 6.21. The van der Waals surface area contributed by atoms with Gasteiger partial charge in [-0.15, -0.1) is 24.5 Å². The van der Waals surface area contributed by atoms with Gasteiger partial charge in [0.15, 0.2) is 0 Å². The van der Waals surface area contributed by atoms with E-state index in [-0.39, 0.29) is 0 Å². The van der Waals surface area contributed by atoms with E-state index in [9.17, 15) is 0 Å². The lowest BCUT2D eigenvalue weighted by atomic mass is 10.4. The van der Waals surface area contributed by atoms with Crippen molar-refractivity contribution in [3.05, 3.63) is 24.3 Å². The third kappa shape index (κ3) is 3.66. The van der Waals surface area contributed by atoms with E-state index >= 15 is 0 Å². The van der Waals surface area contributed by atoms with E-state index in [1.807, 2.05) is 37.6 Å². The van der Waals surface area contributed by atoms with E-state index in [1.165, 1.54) is 0 Å². The Labute approximate surface area is 106 Å². The molecule has 0 bridgehead atoms. The second-order valence-electron chi connectivity index (χ2n) is 3.27. The van der Waals surface area contributed by atoms with Gasteiger partial charge in [-0.1, -0.05) is 47.9 Å². The zero-order valence-electron chi connectivity index (χ0n) is 7.91. The van der Waals surface area contributed by atoms with Crippen LogP contribution in [0.3, 0.4) is 0 Å². The lowest BCUT2D eigenvalue weighted by molar-refractivity contribution is 1.84. The molecule has 0 aromatic heterocycles. The highest BCUT2D eigenvalue weighted by molar-refractivity contribution is 8.66. The quantitative estimate of drug-likeness (QED) is 0.636. The first kappa shape index (κ1) is 13.3. The Bertz CT molecular complexity index is 370. The molecule has 0 radical (unpaired) electrons. The molecule has 1 rings (SSSR count). The Morgan fingerprint density at radius 2 is 1.07 bits per heavy atom. The molecule has 0 nitrogen and oxygen atoms in total. The number of rotatable bonds is 2. The summed E-state index contributed by atoms with van der Waals surface area (Å²) in [6.45, 7) is 4.01. The largest absolute Gasteiger partial charge is 0.137 e. The zero-order valence-corrected chi connectivity index (χ0v) is 13.1. The second kappa shape index (κ2) is 4.61. The van der Waals surface area contributed by atoms with Gasteiger partial charge in [0, 0.05) is 10.5 Å². The van der Waals surface area contributed by atoms with Gasteiger partial charge < -0.3 is 0 Å². The third-order valence-corrected chi connectivity index (χ3v) is 6.97. The molecule has 0 saturated heterocycles. The Morgan fingerprint density at radius 3 is 1.21 bits per heavy atom. The second-order valence-corrected chi connectivity index (χ2v) is 18.6. The van der Waals surface area contributed by atoms with Crippen LogP contribution in [-0.4, -0.2) is 13.3 Å². The Kier molecular flexibility index (Phi) is 4.37. The zero-order chi connectivity index (χ0) is 11.0. The number of benzene rings is 1. The maximum atomic E-state index is 5.33. The first-order valence-electron chi connectivity index (χ1n) is 3.93. The maximum Gasteiger partial charge on any atom is 0.0279 e. The summed E-state index contributed by atoms with van der Waals surface area (Å²) in [5, 5.41) is -0.947. The van der Waals surface area contributed by atoms with E-state index in [0.717, 1.165) is 10.6 Å². The molecule has 0 spiro atoms. The van der Waals surface area contributed by atoms with Gasteiger partial charge in [0.25, 0.3) is 0 Å². The van der Waals surface area contributed by atoms with E-state index in [2.05, 4.69) is 24.5 Å². The number of hydrogen-bond acceptors (Lipinski definition) is 2. The minimum Gasteiger partial charge on any atom is -0.137 e. The highest BCUT2D eigenvalue weighted by Gasteiger charge is 2.10. The van der Waals surface area contributed by atoms with Gasteiger partial charge in [-0.3, -0.25) is 0 Å². The molecule has 0 heterocycles. The van der Waals surface area contributed by atoms with Crippen molar-refractivity contribution in [2.24, 2.45) is 0 Å². The number of hydrogen-bond donors (Lipinski definition) is 2. The molecule has 0 amide bonds. The van der Waals surface area contributed by atoms with Gasteiger partial charge in [0.05, 0.1) is 0 Å². The van der Waals surface area contributed by atoms with Crippen molar-refractivity contribution in [2.75, 3.05) is 13.3 Å². The predicted molar refractivity (Wildman–Crippen MR) is 84.1 cm³/mol. The molecule has 1 aromatic carbocycles. The monoisotopic (exact) mass is 298 g/mol. The SMILES string of the molecule is CP(=S)(S)c1ccc(P(C)(=S)S)cc1. The lowest BCUT2D eigenvalue weighted by Gasteiger charge is -2.13. The summed E-state index contributed by atoms with van der Waals surface area (Å²) in [4.78, 5) is 0. The van der Waals surface area contributed by atoms with Gasteiger partial charge in [0.1, 0.15) is 0 Å². The average molecular weight is 298 g/mol. The maximum absolute atomic E-state index is 5.33. The fourth-order valence-electron chi connectivity index (χ4n) is 1.01. The molecule has 2 atom stereocenters. The lowest BCUT2D eigenvalue weighted by Crippen LogP contribution is -2.06. The van der Waals surface area contributed by atoms with Crippen LogP contribution in [0.25, 0.3) is 0 Å². The Balaban J connectivity index is 3.14. The molecule has 14 heavy (non-hydrogen) atoms. The number of thiol groups is 2. The Morgan fingerprint density at radius 1 is 0.857 bits per heavy atom. The van der Waals surface area contributed by atoms with Crippen LogP contribution in [0.2, 0.25) is 0 Å².